The van der Waals surface area contributed by atoms with E-state index in [1.165, 1.54) is 6.07 Å². The first-order valence-corrected chi connectivity index (χ1v) is 5.65. The maximum Gasteiger partial charge on any atom is 0.166 e. The van der Waals surface area contributed by atoms with Crippen LogP contribution in [-0.2, 0) is 0 Å². The molecule has 0 atom stereocenters. The van der Waals surface area contributed by atoms with Gasteiger partial charge < -0.3 is 5.32 Å². The van der Waals surface area contributed by atoms with E-state index in [1.807, 2.05) is 0 Å². The van der Waals surface area contributed by atoms with Gasteiger partial charge in [0.15, 0.2) is 5.78 Å². The molecule has 0 radical (unpaired) electrons. The van der Waals surface area contributed by atoms with E-state index in [1.54, 1.807) is 12.1 Å². The van der Waals surface area contributed by atoms with E-state index in [0.29, 0.717) is 12.3 Å². The lowest BCUT2D eigenvalue weighted by atomic mass is 9.94. The first-order chi connectivity index (χ1) is 7.16. The average molecular weight is 272 g/mol. The van der Waals surface area contributed by atoms with Gasteiger partial charge in [-0.25, -0.2) is 4.39 Å². The molecule has 0 bridgehead atoms. The Morgan fingerprint density at radius 2 is 2.27 bits per heavy atom. The molecule has 0 aliphatic carbocycles. The van der Waals surface area contributed by atoms with Crippen LogP contribution in [0.3, 0.4) is 0 Å². The lowest BCUT2D eigenvalue weighted by Crippen LogP contribution is -2.43. The van der Waals surface area contributed by atoms with Crippen LogP contribution in [0.15, 0.2) is 22.7 Å². The van der Waals surface area contributed by atoms with E-state index < -0.39 is 5.82 Å². The molecule has 2 rings (SSSR count). The summed E-state index contributed by atoms with van der Waals surface area (Å²) in [5.74, 6) is -0.174. The van der Waals surface area contributed by atoms with Gasteiger partial charge in [0.1, 0.15) is 5.82 Å². The Hall–Kier alpha value is -0.740. The number of hydrogen-bond acceptors (Lipinski definition) is 2. The fourth-order valence-corrected chi connectivity index (χ4v) is 1.94. The van der Waals surface area contributed by atoms with Gasteiger partial charge in [0.05, 0.1) is 5.56 Å². The zero-order chi connectivity index (χ0) is 10.8. The number of carbonyl (C=O) groups excluding carboxylic acids is 1. The zero-order valence-electron chi connectivity index (χ0n) is 8.09. The fraction of sp³-hybridized carbons (Fsp3) is 0.364. The van der Waals surface area contributed by atoms with Crippen LogP contribution in [0.2, 0.25) is 0 Å². The molecule has 0 aromatic heterocycles. The van der Waals surface area contributed by atoms with Gasteiger partial charge in [0, 0.05) is 10.9 Å². The van der Waals surface area contributed by atoms with Crippen molar-refractivity contribution in [3.63, 3.8) is 0 Å². The molecule has 0 spiro atoms. The summed E-state index contributed by atoms with van der Waals surface area (Å²) in [6, 6.07) is 4.46. The van der Waals surface area contributed by atoms with E-state index in [2.05, 4.69) is 21.2 Å². The maximum atomic E-state index is 13.3. The van der Waals surface area contributed by atoms with E-state index in [4.69, 9.17) is 0 Å². The lowest BCUT2D eigenvalue weighted by molar-refractivity contribution is 0.0941. The van der Waals surface area contributed by atoms with Crippen molar-refractivity contribution in [2.24, 2.45) is 5.92 Å². The minimum atomic E-state index is -0.435. The first-order valence-electron chi connectivity index (χ1n) is 4.86. The summed E-state index contributed by atoms with van der Waals surface area (Å²) in [6.07, 6.45) is 0.431. The van der Waals surface area contributed by atoms with Gasteiger partial charge in [0.2, 0.25) is 0 Å². The Morgan fingerprint density at radius 3 is 2.87 bits per heavy atom. The molecule has 1 aromatic rings. The van der Waals surface area contributed by atoms with Crippen LogP contribution in [0.4, 0.5) is 4.39 Å². The largest absolute Gasteiger partial charge is 0.316 e. The molecule has 15 heavy (non-hydrogen) atoms. The Bertz CT molecular complexity index is 390. The molecule has 1 aliphatic rings. The van der Waals surface area contributed by atoms with Crippen molar-refractivity contribution >= 4 is 21.7 Å². The van der Waals surface area contributed by atoms with Gasteiger partial charge in [-0.3, -0.25) is 4.79 Å². The normalized spacial score (nSPS) is 16.1. The predicted octanol–water partition coefficient (Wildman–Crippen LogP) is 2.38. The average Bonchev–Trinajstić information content (AvgIpc) is 2.15. The molecule has 1 fully saturated rings. The minimum absolute atomic E-state index is 0.111. The topological polar surface area (TPSA) is 29.1 Å². The highest BCUT2D eigenvalue weighted by molar-refractivity contribution is 9.10. The van der Waals surface area contributed by atoms with Crippen molar-refractivity contribution in [2.75, 3.05) is 13.1 Å². The van der Waals surface area contributed by atoms with Crippen LogP contribution in [0.5, 0.6) is 0 Å². The van der Waals surface area contributed by atoms with Crippen molar-refractivity contribution in [3.05, 3.63) is 34.1 Å². The van der Waals surface area contributed by atoms with E-state index >= 15 is 0 Å². The molecule has 0 unspecified atom stereocenters. The van der Waals surface area contributed by atoms with Gasteiger partial charge in [-0.15, -0.1) is 0 Å². The van der Waals surface area contributed by atoms with Gasteiger partial charge in [0.25, 0.3) is 0 Å². The molecule has 2 nitrogen and oxygen atoms in total. The minimum Gasteiger partial charge on any atom is -0.316 e. The molecule has 1 aliphatic heterocycles. The number of halogens is 2. The molecule has 1 saturated heterocycles. The molecule has 0 amide bonds. The van der Waals surface area contributed by atoms with Crippen molar-refractivity contribution in [3.8, 4) is 0 Å². The number of benzene rings is 1. The quantitative estimate of drug-likeness (QED) is 0.856. The molecule has 1 heterocycles. The lowest BCUT2D eigenvalue weighted by Gasteiger charge is -2.26. The summed E-state index contributed by atoms with van der Waals surface area (Å²) < 4.78 is 14.1. The summed E-state index contributed by atoms with van der Waals surface area (Å²) in [5.41, 5.74) is 0.191. The second kappa shape index (κ2) is 4.41. The number of hydrogen-bond donors (Lipinski definition) is 1. The predicted molar refractivity (Wildman–Crippen MR) is 59.4 cm³/mol. The van der Waals surface area contributed by atoms with Crippen LogP contribution in [0, 0.1) is 11.7 Å². The van der Waals surface area contributed by atoms with Crippen LogP contribution in [0.25, 0.3) is 0 Å². The first kappa shape index (κ1) is 10.8. The molecule has 80 valence electrons. The third-order valence-electron chi connectivity index (χ3n) is 2.57. The third-order valence-corrected chi connectivity index (χ3v) is 3.06. The molecule has 1 aromatic carbocycles. The zero-order valence-corrected chi connectivity index (χ0v) is 9.68. The Kier molecular flexibility index (Phi) is 3.17. The molecule has 1 N–H and O–H groups in total. The van der Waals surface area contributed by atoms with Crippen molar-refractivity contribution in [1.29, 1.82) is 0 Å². The number of Topliss-reactive ketones (excluding diaryl/α,β-unsaturated/α-hetero) is 1. The van der Waals surface area contributed by atoms with Gasteiger partial charge >= 0.3 is 0 Å². The highest BCUT2D eigenvalue weighted by Gasteiger charge is 2.22. The summed E-state index contributed by atoms with van der Waals surface area (Å²) in [7, 11) is 0. The molecule has 4 heteroatoms. The number of carbonyl (C=O) groups is 1. The van der Waals surface area contributed by atoms with Crippen LogP contribution >= 0.6 is 15.9 Å². The molecular formula is C11H11BrFNO. The Balaban J connectivity index is 2.12. The standard InChI is InChI=1S/C11H11BrFNO/c12-8-1-2-10(13)9(4-8)11(15)3-7-5-14-6-7/h1-2,4,7,14H,3,5-6H2. The second-order valence-corrected chi connectivity index (χ2v) is 4.69. The van der Waals surface area contributed by atoms with E-state index in [0.717, 1.165) is 17.6 Å². The van der Waals surface area contributed by atoms with Gasteiger partial charge in [-0.1, -0.05) is 15.9 Å². The van der Waals surface area contributed by atoms with Crippen molar-refractivity contribution in [2.45, 2.75) is 6.42 Å². The van der Waals surface area contributed by atoms with Crippen LogP contribution in [-0.4, -0.2) is 18.9 Å². The van der Waals surface area contributed by atoms with E-state index in [-0.39, 0.29) is 11.3 Å². The smallest absolute Gasteiger partial charge is 0.166 e. The SMILES string of the molecule is O=C(CC1CNC1)c1cc(Br)ccc1F. The number of rotatable bonds is 3. The fourth-order valence-electron chi connectivity index (χ4n) is 1.58. The number of nitrogens with one attached hydrogen (secondary N) is 1. The highest BCUT2D eigenvalue weighted by atomic mass is 79.9. The Morgan fingerprint density at radius 1 is 1.53 bits per heavy atom. The highest BCUT2D eigenvalue weighted by Crippen LogP contribution is 2.19. The van der Waals surface area contributed by atoms with Crippen molar-refractivity contribution in [1.82, 2.24) is 5.32 Å². The van der Waals surface area contributed by atoms with Gasteiger partial charge in [-0.2, -0.15) is 0 Å². The van der Waals surface area contributed by atoms with E-state index in [9.17, 15) is 9.18 Å². The second-order valence-electron chi connectivity index (χ2n) is 3.78. The molecular weight excluding hydrogens is 261 g/mol. The number of ketones is 1. The third kappa shape index (κ3) is 2.44. The van der Waals surface area contributed by atoms with Crippen LogP contribution < -0.4 is 5.32 Å². The summed E-state index contributed by atoms with van der Waals surface area (Å²) >= 11 is 3.23. The maximum absolute atomic E-state index is 13.3. The summed E-state index contributed by atoms with van der Waals surface area (Å²) in [6.45, 7) is 1.72. The monoisotopic (exact) mass is 271 g/mol. The summed E-state index contributed by atoms with van der Waals surface area (Å²) in [5, 5.41) is 3.09. The van der Waals surface area contributed by atoms with Crippen LogP contribution in [0.1, 0.15) is 16.8 Å². The van der Waals surface area contributed by atoms with Crippen molar-refractivity contribution < 1.29 is 9.18 Å². The van der Waals surface area contributed by atoms with Gasteiger partial charge in [-0.05, 0) is 37.2 Å². The molecule has 0 saturated carbocycles. The Labute approximate surface area is 96.0 Å². The summed E-state index contributed by atoms with van der Waals surface area (Å²) in [4.78, 5) is 11.7.